The van der Waals surface area contributed by atoms with Crippen molar-refractivity contribution in [2.45, 2.75) is 70.1 Å². The molecule has 5 atom stereocenters. The number of carbonyl (C=O) groups is 4. The molecule has 0 spiro atoms. The highest BCUT2D eigenvalue weighted by molar-refractivity contribution is 5.95. The van der Waals surface area contributed by atoms with Crippen LogP contribution >= 0.6 is 0 Å². The van der Waals surface area contributed by atoms with Crippen molar-refractivity contribution in [2.75, 3.05) is 6.54 Å². The number of nitrogens with one attached hydrogen (secondary N) is 3. The van der Waals surface area contributed by atoms with Crippen molar-refractivity contribution >= 4 is 34.6 Å². The van der Waals surface area contributed by atoms with Gasteiger partial charge in [-0.25, -0.2) is 4.79 Å². The first-order valence-corrected chi connectivity index (χ1v) is 14.3. The number of nitrogens with two attached hydrogens (primary N) is 1. The topological polar surface area (TPSA) is 178 Å². The number of amides is 3. The molecular formula is C31H39N5O6. The number of hydrogen-bond donors (Lipinski definition) is 6. The van der Waals surface area contributed by atoms with Crippen LogP contribution in [0.25, 0.3) is 10.9 Å². The van der Waals surface area contributed by atoms with Crippen molar-refractivity contribution in [2.24, 2.45) is 11.7 Å². The molecule has 1 saturated heterocycles. The van der Waals surface area contributed by atoms with Crippen LogP contribution in [0.5, 0.6) is 5.75 Å². The number of aromatic amines is 1. The quantitative estimate of drug-likeness (QED) is 0.191. The van der Waals surface area contributed by atoms with E-state index in [1.165, 1.54) is 17.0 Å². The first-order chi connectivity index (χ1) is 20.1. The van der Waals surface area contributed by atoms with Crippen LogP contribution < -0.4 is 16.4 Å². The molecule has 3 amide bonds. The number of carboxylic acids is 1. The number of H-pyrrole nitrogens is 1. The Bertz CT molecular complexity index is 1420. The Kier molecular flexibility index (Phi) is 9.84. The Labute approximate surface area is 244 Å². The molecule has 1 aromatic heterocycles. The largest absolute Gasteiger partial charge is 0.508 e. The van der Waals surface area contributed by atoms with E-state index in [0.29, 0.717) is 24.8 Å². The average Bonchev–Trinajstić information content (AvgIpc) is 3.64. The average molecular weight is 578 g/mol. The fraction of sp³-hybridized carbons (Fsp3) is 0.419. The molecule has 3 aromatic rings. The lowest BCUT2D eigenvalue weighted by Crippen LogP contribution is -2.58. The van der Waals surface area contributed by atoms with Crippen LogP contribution in [0.3, 0.4) is 0 Å². The molecule has 2 aromatic carbocycles. The Morgan fingerprint density at radius 2 is 1.71 bits per heavy atom. The zero-order valence-corrected chi connectivity index (χ0v) is 23.9. The Morgan fingerprint density at radius 1 is 1.02 bits per heavy atom. The minimum absolute atomic E-state index is 0.0512. The molecule has 0 aliphatic carbocycles. The number of carbonyl (C=O) groups excluding carboxylic acids is 3. The van der Waals surface area contributed by atoms with Gasteiger partial charge in [0.05, 0.1) is 6.04 Å². The van der Waals surface area contributed by atoms with E-state index in [-0.39, 0.29) is 31.1 Å². The minimum Gasteiger partial charge on any atom is -0.508 e. The van der Waals surface area contributed by atoms with Crippen LogP contribution in [-0.2, 0) is 32.0 Å². The number of likely N-dealkylation sites (tertiary alicyclic amines) is 1. The summed E-state index contributed by atoms with van der Waals surface area (Å²) in [7, 11) is 0. The van der Waals surface area contributed by atoms with Gasteiger partial charge in [-0.3, -0.25) is 14.4 Å². The monoisotopic (exact) mass is 577 g/mol. The van der Waals surface area contributed by atoms with Crippen molar-refractivity contribution < 1.29 is 29.4 Å². The van der Waals surface area contributed by atoms with Crippen molar-refractivity contribution in [3.63, 3.8) is 0 Å². The van der Waals surface area contributed by atoms with E-state index in [1.54, 1.807) is 18.3 Å². The normalized spacial score (nSPS) is 17.8. The summed E-state index contributed by atoms with van der Waals surface area (Å²) in [5, 5.41) is 25.9. The van der Waals surface area contributed by atoms with E-state index in [2.05, 4.69) is 15.6 Å². The molecule has 42 heavy (non-hydrogen) atoms. The van der Waals surface area contributed by atoms with Gasteiger partial charge in [-0.15, -0.1) is 0 Å². The number of carboxylic acid groups (broad SMARTS) is 1. The highest BCUT2D eigenvalue weighted by Crippen LogP contribution is 2.22. The fourth-order valence-electron chi connectivity index (χ4n) is 5.34. The number of rotatable bonds is 12. The van der Waals surface area contributed by atoms with E-state index in [4.69, 9.17) is 5.73 Å². The SMILES string of the molecule is CCC(C)C(N)C(=O)NC(Cc1c[nH]c2ccccc12)C(=O)NC(Cc1ccc(O)cc1)C(=O)N1CCCC1C(=O)O. The molecule has 2 heterocycles. The second kappa shape index (κ2) is 13.5. The number of aliphatic carboxylic acids is 1. The van der Waals surface area contributed by atoms with Gasteiger partial charge in [0.25, 0.3) is 0 Å². The van der Waals surface area contributed by atoms with Crippen LogP contribution in [-0.4, -0.2) is 74.5 Å². The molecule has 0 bridgehead atoms. The maximum atomic E-state index is 13.9. The lowest BCUT2D eigenvalue weighted by molar-refractivity contribution is -0.149. The third kappa shape index (κ3) is 7.09. The summed E-state index contributed by atoms with van der Waals surface area (Å²) in [4.78, 5) is 57.1. The number of aromatic hydroxyl groups is 1. The van der Waals surface area contributed by atoms with Crippen molar-refractivity contribution in [1.82, 2.24) is 20.5 Å². The minimum atomic E-state index is -1.10. The first-order valence-electron chi connectivity index (χ1n) is 14.3. The molecule has 11 heteroatoms. The molecule has 5 unspecified atom stereocenters. The summed E-state index contributed by atoms with van der Waals surface area (Å²) in [6.45, 7) is 4.05. The lowest BCUT2D eigenvalue weighted by atomic mass is 9.97. The third-order valence-corrected chi connectivity index (χ3v) is 8.10. The van der Waals surface area contributed by atoms with Gasteiger partial charge in [-0.05, 0) is 48.1 Å². The molecule has 4 rings (SSSR count). The predicted octanol–water partition coefficient (Wildman–Crippen LogP) is 2.08. The van der Waals surface area contributed by atoms with E-state index in [0.717, 1.165) is 16.5 Å². The molecule has 1 aliphatic heterocycles. The number of nitrogens with zero attached hydrogens (tertiary/aromatic N) is 1. The van der Waals surface area contributed by atoms with E-state index >= 15 is 0 Å². The molecule has 7 N–H and O–H groups in total. The number of benzene rings is 2. The number of para-hydroxylation sites is 1. The van der Waals surface area contributed by atoms with Gasteiger partial charge in [0.1, 0.15) is 23.9 Å². The summed E-state index contributed by atoms with van der Waals surface area (Å²) in [5.74, 6) is -2.75. The Morgan fingerprint density at radius 3 is 2.40 bits per heavy atom. The van der Waals surface area contributed by atoms with E-state index in [1.807, 2.05) is 38.1 Å². The lowest BCUT2D eigenvalue weighted by Gasteiger charge is -2.29. The van der Waals surface area contributed by atoms with Gasteiger partial charge in [-0.2, -0.15) is 0 Å². The zero-order valence-electron chi connectivity index (χ0n) is 23.9. The molecule has 1 fully saturated rings. The van der Waals surface area contributed by atoms with E-state index in [9.17, 15) is 29.4 Å². The summed E-state index contributed by atoms with van der Waals surface area (Å²) >= 11 is 0. The maximum absolute atomic E-state index is 13.9. The smallest absolute Gasteiger partial charge is 0.326 e. The molecule has 11 nitrogen and oxygen atoms in total. The van der Waals surface area contributed by atoms with Gasteiger partial charge < -0.3 is 36.5 Å². The van der Waals surface area contributed by atoms with Crippen molar-refractivity contribution in [3.8, 4) is 5.75 Å². The standard InChI is InChI=1S/C31H39N5O6/c1-3-18(2)27(32)29(39)34-24(16-20-17-33-23-8-5-4-7-22(20)23)28(38)35-25(15-19-10-12-21(37)13-11-19)30(40)36-14-6-9-26(36)31(41)42/h4-5,7-8,10-13,17-18,24-27,33,37H,3,6,9,14-16,32H2,1-2H3,(H,34,39)(H,35,38)(H,41,42). The van der Waals surface area contributed by atoms with Crippen molar-refractivity contribution in [3.05, 3.63) is 65.9 Å². The highest BCUT2D eigenvalue weighted by atomic mass is 16.4. The molecule has 224 valence electrons. The van der Waals surface area contributed by atoms with Gasteiger partial charge in [0, 0.05) is 36.5 Å². The summed E-state index contributed by atoms with van der Waals surface area (Å²) in [5.41, 5.74) is 8.53. The second-order valence-electron chi connectivity index (χ2n) is 11.0. The highest BCUT2D eigenvalue weighted by Gasteiger charge is 2.38. The van der Waals surface area contributed by atoms with Crippen LogP contribution in [0.2, 0.25) is 0 Å². The fourth-order valence-corrected chi connectivity index (χ4v) is 5.34. The van der Waals surface area contributed by atoms with Crippen molar-refractivity contribution in [1.29, 1.82) is 0 Å². The summed E-state index contributed by atoms with van der Waals surface area (Å²) < 4.78 is 0. The first kappa shape index (κ1) is 30.6. The second-order valence-corrected chi connectivity index (χ2v) is 11.0. The van der Waals surface area contributed by atoms with Gasteiger partial charge in [0.15, 0.2) is 0 Å². The molecule has 0 radical (unpaired) electrons. The van der Waals surface area contributed by atoms with Gasteiger partial charge >= 0.3 is 5.97 Å². The van der Waals surface area contributed by atoms with Crippen LogP contribution in [0.15, 0.2) is 54.7 Å². The zero-order chi connectivity index (χ0) is 30.4. The van der Waals surface area contributed by atoms with Crippen LogP contribution in [0.4, 0.5) is 0 Å². The van der Waals surface area contributed by atoms with E-state index < -0.39 is 47.9 Å². The van der Waals surface area contributed by atoms with Crippen LogP contribution in [0.1, 0.15) is 44.2 Å². The number of aromatic nitrogens is 1. The number of phenols is 1. The molecule has 1 aliphatic rings. The Hall–Kier alpha value is -4.38. The molecule has 0 saturated carbocycles. The molecular weight excluding hydrogens is 538 g/mol. The number of fused-ring (bicyclic) bond motifs is 1. The van der Waals surface area contributed by atoms with Crippen LogP contribution in [0, 0.1) is 5.92 Å². The van der Waals surface area contributed by atoms with Gasteiger partial charge in [0.2, 0.25) is 17.7 Å². The predicted molar refractivity (Wildman–Crippen MR) is 157 cm³/mol. The Balaban J connectivity index is 1.63. The van der Waals surface area contributed by atoms with Gasteiger partial charge in [-0.1, -0.05) is 50.6 Å². The number of hydrogen-bond acceptors (Lipinski definition) is 6. The third-order valence-electron chi connectivity index (χ3n) is 8.10. The summed E-state index contributed by atoms with van der Waals surface area (Å²) in [6.07, 6.45) is 3.53. The maximum Gasteiger partial charge on any atom is 0.326 e. The summed E-state index contributed by atoms with van der Waals surface area (Å²) in [6, 6.07) is 9.85. The number of phenolic OH excluding ortho intramolecular Hbond substituents is 1.